The Bertz CT molecular complexity index is 1470. The van der Waals surface area contributed by atoms with Crippen LogP contribution in [0.25, 0.3) is 16.6 Å². The first kappa shape index (κ1) is 20.5. The lowest BCUT2D eigenvalue weighted by atomic mass is 10.2. The van der Waals surface area contributed by atoms with Crippen molar-refractivity contribution >= 4 is 26.6 Å². The van der Waals surface area contributed by atoms with E-state index >= 15 is 0 Å². The van der Waals surface area contributed by atoms with Gasteiger partial charge in [-0.3, -0.25) is 14.1 Å². The molecule has 0 unspecified atom stereocenters. The Hall–Kier alpha value is -3.72. The fraction of sp³-hybridized carbons (Fsp3) is 0.0909. The quantitative estimate of drug-likeness (QED) is 0.513. The highest BCUT2D eigenvalue weighted by Gasteiger charge is 2.21. The Labute approximate surface area is 177 Å². The molecule has 0 saturated carbocycles. The van der Waals surface area contributed by atoms with Gasteiger partial charge in [-0.15, -0.1) is 0 Å². The Morgan fingerprint density at radius 3 is 2.58 bits per heavy atom. The van der Waals surface area contributed by atoms with E-state index in [0.717, 1.165) is 12.1 Å². The van der Waals surface area contributed by atoms with E-state index in [1.165, 1.54) is 29.9 Å². The third-order valence-corrected chi connectivity index (χ3v) is 6.12. The molecule has 1 heterocycles. The molecule has 158 valence electrons. The number of ether oxygens (including phenoxy) is 1. The van der Waals surface area contributed by atoms with E-state index in [0.29, 0.717) is 22.4 Å². The van der Waals surface area contributed by atoms with E-state index in [4.69, 9.17) is 4.74 Å². The predicted octanol–water partition coefficient (Wildman–Crippen LogP) is 3.64. The van der Waals surface area contributed by atoms with Crippen LogP contribution in [0.2, 0.25) is 0 Å². The van der Waals surface area contributed by atoms with Gasteiger partial charge >= 0.3 is 0 Å². The number of aromatic nitrogens is 2. The van der Waals surface area contributed by atoms with Crippen molar-refractivity contribution in [1.82, 2.24) is 9.55 Å². The first-order chi connectivity index (χ1) is 14.8. The van der Waals surface area contributed by atoms with Crippen LogP contribution < -0.4 is 15.0 Å². The summed E-state index contributed by atoms with van der Waals surface area (Å²) in [5.74, 6) is -0.245. The molecule has 4 aromatic rings. The van der Waals surface area contributed by atoms with Gasteiger partial charge in [0.2, 0.25) is 0 Å². The highest BCUT2D eigenvalue weighted by atomic mass is 32.2. The third kappa shape index (κ3) is 3.87. The second-order valence-corrected chi connectivity index (χ2v) is 8.42. The molecule has 0 aliphatic heterocycles. The minimum absolute atomic E-state index is 0.0100. The number of anilines is 1. The van der Waals surface area contributed by atoms with E-state index in [1.54, 1.807) is 43.3 Å². The molecule has 3 aromatic carbocycles. The van der Waals surface area contributed by atoms with Crippen LogP contribution in [-0.4, -0.2) is 25.1 Å². The van der Waals surface area contributed by atoms with Crippen LogP contribution in [0.15, 0.2) is 76.4 Å². The minimum atomic E-state index is -4.15. The van der Waals surface area contributed by atoms with Crippen molar-refractivity contribution < 1.29 is 17.5 Å². The van der Waals surface area contributed by atoms with Crippen LogP contribution in [0, 0.1) is 12.7 Å². The first-order valence-corrected chi connectivity index (χ1v) is 10.7. The highest BCUT2D eigenvalue weighted by Crippen LogP contribution is 2.27. The van der Waals surface area contributed by atoms with Crippen LogP contribution in [-0.2, 0) is 10.0 Å². The summed E-state index contributed by atoms with van der Waals surface area (Å²) in [7, 11) is -2.85. The van der Waals surface area contributed by atoms with E-state index in [9.17, 15) is 17.6 Å². The van der Waals surface area contributed by atoms with Crippen LogP contribution in [0.4, 0.5) is 10.1 Å². The summed E-state index contributed by atoms with van der Waals surface area (Å²) < 4.78 is 48.2. The number of nitrogens with zero attached hydrogens (tertiary/aromatic N) is 2. The summed E-state index contributed by atoms with van der Waals surface area (Å²) >= 11 is 0. The number of hydrogen-bond donors (Lipinski definition) is 1. The summed E-state index contributed by atoms with van der Waals surface area (Å²) in [6.45, 7) is 1.70. The highest BCUT2D eigenvalue weighted by molar-refractivity contribution is 7.92. The molecule has 31 heavy (non-hydrogen) atoms. The van der Waals surface area contributed by atoms with Crippen molar-refractivity contribution in [3.05, 3.63) is 88.7 Å². The van der Waals surface area contributed by atoms with Crippen LogP contribution in [0.3, 0.4) is 0 Å². The number of sulfonamides is 1. The largest absolute Gasteiger partial charge is 0.495 e. The number of aryl methyl sites for hydroxylation is 1. The zero-order valence-electron chi connectivity index (χ0n) is 16.7. The molecule has 0 bridgehead atoms. The maximum absolute atomic E-state index is 13.7. The molecular formula is C22H18FN3O4S. The summed E-state index contributed by atoms with van der Waals surface area (Å²) in [6.07, 6.45) is 0. The van der Waals surface area contributed by atoms with E-state index in [-0.39, 0.29) is 21.9 Å². The molecule has 0 radical (unpaired) electrons. The normalized spacial score (nSPS) is 11.5. The molecule has 0 saturated heterocycles. The number of fused-ring (bicyclic) bond motifs is 1. The predicted molar refractivity (Wildman–Crippen MR) is 116 cm³/mol. The molecule has 9 heteroatoms. The molecule has 7 nitrogen and oxygen atoms in total. The van der Waals surface area contributed by atoms with Crippen molar-refractivity contribution in [2.24, 2.45) is 0 Å². The van der Waals surface area contributed by atoms with Gasteiger partial charge < -0.3 is 4.74 Å². The first-order valence-electron chi connectivity index (χ1n) is 9.25. The van der Waals surface area contributed by atoms with Crippen molar-refractivity contribution in [3.63, 3.8) is 0 Å². The SMILES string of the molecule is COc1ccc(F)cc1S(=O)(=O)Nc1cccc(-n2c(C)nc3ccccc3c2=O)c1. The molecule has 0 atom stereocenters. The van der Waals surface area contributed by atoms with Gasteiger partial charge in [-0.25, -0.2) is 17.8 Å². The van der Waals surface area contributed by atoms with Crippen LogP contribution in [0.1, 0.15) is 5.82 Å². The fourth-order valence-corrected chi connectivity index (χ4v) is 4.56. The fourth-order valence-electron chi connectivity index (χ4n) is 3.33. The molecule has 4 rings (SSSR count). The number of halogens is 1. The zero-order valence-corrected chi connectivity index (χ0v) is 17.5. The maximum Gasteiger partial charge on any atom is 0.265 e. The average molecular weight is 439 g/mol. The van der Waals surface area contributed by atoms with Gasteiger partial charge in [0.05, 0.1) is 29.4 Å². The Kier molecular flexibility index (Phi) is 5.20. The standard InChI is InChI=1S/C22H18FN3O4S/c1-14-24-19-9-4-3-8-18(19)22(27)26(14)17-7-5-6-16(13-17)25-31(28,29)21-12-15(23)10-11-20(21)30-2/h3-13,25H,1-2H3. The number of methoxy groups -OCH3 is 1. The van der Waals surface area contributed by atoms with Gasteiger partial charge in [-0.2, -0.15) is 0 Å². The van der Waals surface area contributed by atoms with Crippen molar-refractivity contribution in [1.29, 1.82) is 0 Å². The minimum Gasteiger partial charge on any atom is -0.495 e. The van der Waals surface area contributed by atoms with Gasteiger partial charge in [0.1, 0.15) is 22.3 Å². The monoisotopic (exact) mass is 439 g/mol. The van der Waals surface area contributed by atoms with Gasteiger partial charge in [-0.1, -0.05) is 18.2 Å². The van der Waals surface area contributed by atoms with Gasteiger partial charge in [-0.05, 0) is 55.5 Å². The van der Waals surface area contributed by atoms with Gasteiger partial charge in [0, 0.05) is 0 Å². The Morgan fingerprint density at radius 1 is 1.03 bits per heavy atom. The van der Waals surface area contributed by atoms with Crippen LogP contribution >= 0.6 is 0 Å². The molecule has 0 aliphatic rings. The lowest BCUT2D eigenvalue weighted by molar-refractivity contribution is 0.401. The molecule has 0 aliphatic carbocycles. The third-order valence-electron chi connectivity index (χ3n) is 4.72. The number of benzene rings is 3. The smallest absolute Gasteiger partial charge is 0.265 e. The molecule has 0 amide bonds. The maximum atomic E-state index is 13.7. The molecule has 1 N–H and O–H groups in total. The summed E-state index contributed by atoms with van der Waals surface area (Å²) in [4.78, 5) is 17.1. The second kappa shape index (κ2) is 7.84. The Morgan fingerprint density at radius 2 is 1.81 bits per heavy atom. The lowest BCUT2D eigenvalue weighted by Gasteiger charge is -2.14. The number of para-hydroxylation sites is 1. The zero-order chi connectivity index (χ0) is 22.2. The molecule has 0 spiro atoms. The number of hydrogen-bond acceptors (Lipinski definition) is 5. The van der Waals surface area contributed by atoms with Gasteiger partial charge in [0.25, 0.3) is 15.6 Å². The summed E-state index contributed by atoms with van der Waals surface area (Å²) in [5.41, 5.74) is 0.946. The number of rotatable bonds is 5. The topological polar surface area (TPSA) is 90.3 Å². The molecule has 1 aromatic heterocycles. The van der Waals surface area contributed by atoms with Crippen LogP contribution in [0.5, 0.6) is 5.75 Å². The van der Waals surface area contributed by atoms with Gasteiger partial charge in [0.15, 0.2) is 0 Å². The van der Waals surface area contributed by atoms with E-state index in [1.807, 2.05) is 0 Å². The van der Waals surface area contributed by atoms with Crippen molar-refractivity contribution in [3.8, 4) is 11.4 Å². The lowest BCUT2D eigenvalue weighted by Crippen LogP contribution is -2.22. The van der Waals surface area contributed by atoms with Crippen molar-refractivity contribution in [2.75, 3.05) is 11.8 Å². The van der Waals surface area contributed by atoms with E-state index < -0.39 is 15.8 Å². The summed E-state index contributed by atoms with van der Waals surface area (Å²) in [6, 6.07) is 16.5. The van der Waals surface area contributed by atoms with Crippen molar-refractivity contribution in [2.45, 2.75) is 11.8 Å². The number of nitrogens with one attached hydrogen (secondary N) is 1. The Balaban J connectivity index is 1.78. The summed E-state index contributed by atoms with van der Waals surface area (Å²) in [5, 5.41) is 0.448. The molecule has 0 fully saturated rings. The molecular weight excluding hydrogens is 421 g/mol. The average Bonchev–Trinajstić information content (AvgIpc) is 2.74. The van der Waals surface area contributed by atoms with E-state index in [2.05, 4.69) is 9.71 Å². The second-order valence-electron chi connectivity index (χ2n) is 6.77.